The summed E-state index contributed by atoms with van der Waals surface area (Å²) in [6, 6.07) is 12.5. The van der Waals surface area contributed by atoms with Gasteiger partial charge in [-0.2, -0.15) is 0 Å². The zero-order valence-electron chi connectivity index (χ0n) is 18.1. The van der Waals surface area contributed by atoms with Gasteiger partial charge in [0.05, 0.1) is 7.11 Å². The molecule has 1 aliphatic rings. The normalized spacial score (nSPS) is 15.1. The van der Waals surface area contributed by atoms with E-state index in [1.54, 1.807) is 17.7 Å². The molecule has 160 valence electrons. The minimum atomic E-state index is -0.389. The van der Waals surface area contributed by atoms with Crippen molar-refractivity contribution in [3.05, 3.63) is 92.1 Å². The van der Waals surface area contributed by atoms with Crippen LogP contribution >= 0.6 is 12.2 Å². The highest BCUT2D eigenvalue weighted by Crippen LogP contribution is 2.35. The van der Waals surface area contributed by atoms with E-state index in [0.717, 1.165) is 16.7 Å². The molecular formula is C25H25FN2O2S. The minimum absolute atomic E-state index is 0.151. The van der Waals surface area contributed by atoms with Crippen molar-refractivity contribution in [1.82, 2.24) is 4.57 Å². The number of halogens is 1. The number of nitrogens with one attached hydrogen (secondary N) is 1. The number of aryl methyl sites for hydroxylation is 2. The first-order valence-corrected chi connectivity index (χ1v) is 10.6. The fraction of sp³-hybridized carbons (Fsp3) is 0.280. The van der Waals surface area contributed by atoms with E-state index >= 15 is 0 Å². The quantitative estimate of drug-likeness (QED) is 0.555. The summed E-state index contributed by atoms with van der Waals surface area (Å²) in [4.78, 5) is 13.8. The van der Waals surface area contributed by atoms with E-state index < -0.39 is 0 Å². The Morgan fingerprint density at radius 1 is 1.16 bits per heavy atom. The van der Waals surface area contributed by atoms with Crippen molar-refractivity contribution in [2.24, 2.45) is 0 Å². The Balaban J connectivity index is 1.76. The molecule has 2 aromatic carbocycles. The van der Waals surface area contributed by atoms with Gasteiger partial charge >= 0.3 is 0 Å². The third-order valence-corrected chi connectivity index (χ3v) is 6.27. The van der Waals surface area contributed by atoms with Crippen LogP contribution in [0.25, 0.3) is 0 Å². The molecule has 4 rings (SSSR count). The molecule has 31 heavy (non-hydrogen) atoms. The Hall–Kier alpha value is -2.99. The molecule has 6 heteroatoms. The molecular weight excluding hydrogens is 411 g/mol. The van der Waals surface area contributed by atoms with E-state index in [-0.39, 0.29) is 17.5 Å². The molecule has 1 atom stereocenters. The van der Waals surface area contributed by atoms with Crippen LogP contribution in [0.15, 0.2) is 47.3 Å². The maximum atomic E-state index is 13.8. The number of aromatic nitrogens is 1. The lowest BCUT2D eigenvalue weighted by Crippen LogP contribution is -2.28. The molecule has 0 saturated carbocycles. The molecule has 0 spiro atoms. The average Bonchev–Trinajstić information content (AvgIpc) is 3.01. The van der Waals surface area contributed by atoms with Crippen molar-refractivity contribution in [2.45, 2.75) is 39.8 Å². The van der Waals surface area contributed by atoms with Crippen LogP contribution in [0.5, 0.6) is 5.75 Å². The van der Waals surface area contributed by atoms with Crippen LogP contribution in [-0.2, 0) is 6.42 Å². The predicted molar refractivity (Wildman–Crippen MR) is 126 cm³/mol. The number of anilines is 1. The lowest BCUT2D eigenvalue weighted by molar-refractivity contribution is 0.402. The van der Waals surface area contributed by atoms with E-state index in [2.05, 4.69) is 31.3 Å². The number of pyridine rings is 1. The van der Waals surface area contributed by atoms with Gasteiger partial charge in [0, 0.05) is 35.0 Å². The molecule has 0 amide bonds. The Labute approximate surface area is 186 Å². The SMILES string of the molecule is COc1c(Cc2cccc(C)c2C)cc(=O)n2c1C(=S)C[C@@H]2Nc1cc(C)cc(F)c1. The van der Waals surface area contributed by atoms with Gasteiger partial charge in [-0.25, -0.2) is 4.39 Å². The summed E-state index contributed by atoms with van der Waals surface area (Å²) in [7, 11) is 1.60. The third-order valence-electron chi connectivity index (χ3n) is 5.91. The molecule has 1 N–H and O–H groups in total. The van der Waals surface area contributed by atoms with Crippen molar-refractivity contribution < 1.29 is 9.13 Å². The van der Waals surface area contributed by atoms with E-state index in [0.29, 0.717) is 34.8 Å². The predicted octanol–water partition coefficient (Wildman–Crippen LogP) is 5.24. The molecule has 0 saturated heterocycles. The Morgan fingerprint density at radius 2 is 1.94 bits per heavy atom. The van der Waals surface area contributed by atoms with Crippen molar-refractivity contribution in [1.29, 1.82) is 0 Å². The number of nitrogens with zero attached hydrogens (tertiary/aromatic N) is 1. The van der Waals surface area contributed by atoms with Crippen molar-refractivity contribution in [2.75, 3.05) is 12.4 Å². The molecule has 4 nitrogen and oxygen atoms in total. The number of methoxy groups -OCH3 is 1. The zero-order chi connectivity index (χ0) is 22.3. The van der Waals surface area contributed by atoms with Crippen LogP contribution in [0.4, 0.5) is 10.1 Å². The van der Waals surface area contributed by atoms with Gasteiger partial charge < -0.3 is 10.1 Å². The van der Waals surface area contributed by atoms with Gasteiger partial charge in [-0.15, -0.1) is 0 Å². The maximum Gasteiger partial charge on any atom is 0.253 e. The molecule has 1 aliphatic heterocycles. The first kappa shape index (κ1) is 21.2. The van der Waals surface area contributed by atoms with E-state index in [4.69, 9.17) is 17.0 Å². The van der Waals surface area contributed by atoms with E-state index in [9.17, 15) is 9.18 Å². The monoisotopic (exact) mass is 436 g/mol. The van der Waals surface area contributed by atoms with Crippen LogP contribution in [0.2, 0.25) is 0 Å². The van der Waals surface area contributed by atoms with Crippen molar-refractivity contribution >= 4 is 22.8 Å². The number of thiocarbonyl (C=S) groups is 1. The number of ether oxygens (including phenoxy) is 1. The molecule has 0 unspecified atom stereocenters. The first-order valence-electron chi connectivity index (χ1n) is 10.2. The highest BCUT2D eigenvalue weighted by Gasteiger charge is 2.32. The van der Waals surface area contributed by atoms with E-state index in [1.807, 2.05) is 19.1 Å². The largest absolute Gasteiger partial charge is 0.494 e. The minimum Gasteiger partial charge on any atom is -0.494 e. The highest BCUT2D eigenvalue weighted by atomic mass is 32.1. The standard InChI is InChI=1S/C25H25FN2O2S/c1-14-8-19(26)12-20(9-14)27-22-13-21(31)24-25(30-4)18(11-23(29)28(22)24)10-17-7-5-6-15(2)16(17)3/h5-9,11-12,22,27H,10,13H2,1-4H3/t22-/m1/s1. The lowest BCUT2D eigenvalue weighted by atomic mass is 9.96. The topological polar surface area (TPSA) is 43.3 Å². The lowest BCUT2D eigenvalue weighted by Gasteiger charge is -2.20. The second-order valence-corrected chi connectivity index (χ2v) is 8.59. The molecule has 2 heterocycles. The number of benzene rings is 2. The van der Waals surface area contributed by atoms with E-state index in [1.165, 1.54) is 23.3 Å². The maximum absolute atomic E-state index is 13.8. The molecule has 0 radical (unpaired) electrons. The van der Waals surface area contributed by atoms with Crippen molar-refractivity contribution in [3.63, 3.8) is 0 Å². The van der Waals surface area contributed by atoms with Crippen LogP contribution in [0.3, 0.4) is 0 Å². The van der Waals surface area contributed by atoms with Crippen LogP contribution in [0.1, 0.15) is 46.1 Å². The summed E-state index contributed by atoms with van der Waals surface area (Å²) in [6.45, 7) is 5.99. The molecule has 0 bridgehead atoms. The summed E-state index contributed by atoms with van der Waals surface area (Å²) >= 11 is 5.65. The molecule has 1 aromatic heterocycles. The second kappa shape index (κ2) is 8.27. The van der Waals surface area contributed by atoms with Gasteiger partial charge in [0.25, 0.3) is 5.56 Å². The molecule has 0 fully saturated rings. The molecule has 0 aliphatic carbocycles. The zero-order valence-corrected chi connectivity index (χ0v) is 18.9. The highest BCUT2D eigenvalue weighted by molar-refractivity contribution is 7.80. The first-order chi connectivity index (χ1) is 14.8. The third kappa shape index (κ3) is 4.00. The van der Waals surface area contributed by atoms with Gasteiger partial charge in [-0.05, 0) is 61.2 Å². The summed E-state index contributed by atoms with van der Waals surface area (Å²) in [5.74, 6) is 0.308. The smallest absolute Gasteiger partial charge is 0.253 e. The fourth-order valence-electron chi connectivity index (χ4n) is 4.29. The van der Waals surface area contributed by atoms with Gasteiger partial charge in [-0.3, -0.25) is 9.36 Å². The summed E-state index contributed by atoms with van der Waals surface area (Å²) in [5, 5.41) is 3.27. The Kier molecular flexibility index (Phi) is 5.67. The van der Waals surface area contributed by atoms with Gasteiger partial charge in [0.1, 0.15) is 23.4 Å². The Morgan fingerprint density at radius 3 is 2.65 bits per heavy atom. The fourth-order valence-corrected chi connectivity index (χ4v) is 4.63. The van der Waals surface area contributed by atoms with Gasteiger partial charge in [0.15, 0.2) is 0 Å². The van der Waals surface area contributed by atoms with Crippen molar-refractivity contribution in [3.8, 4) is 5.75 Å². The van der Waals surface area contributed by atoms with Crippen LogP contribution in [0, 0.1) is 26.6 Å². The van der Waals surface area contributed by atoms with Gasteiger partial charge in [0.2, 0.25) is 0 Å². The second-order valence-electron chi connectivity index (χ2n) is 8.10. The Bertz CT molecular complexity index is 1230. The number of hydrogen-bond acceptors (Lipinski definition) is 4. The number of rotatable bonds is 5. The van der Waals surface area contributed by atoms with Gasteiger partial charge in [-0.1, -0.05) is 30.4 Å². The summed E-state index contributed by atoms with van der Waals surface area (Å²) in [6.07, 6.45) is 0.660. The number of hydrogen-bond donors (Lipinski definition) is 1. The van der Waals surface area contributed by atoms with Crippen LogP contribution < -0.4 is 15.6 Å². The van der Waals surface area contributed by atoms with Crippen LogP contribution in [-0.4, -0.2) is 16.5 Å². The average molecular weight is 437 g/mol. The molecule has 3 aromatic rings. The summed E-state index contributed by atoms with van der Waals surface area (Å²) in [5.41, 5.74) is 6.28. The number of fused-ring (bicyclic) bond motifs is 1. The summed E-state index contributed by atoms with van der Waals surface area (Å²) < 4.78 is 21.2.